The molecule has 0 N–H and O–H groups in total. The number of nitrogens with zero attached hydrogens (tertiary/aromatic N) is 4. The molecule has 3 saturated heterocycles. The smallest absolute Gasteiger partial charge is 0.319 e. The zero-order valence-corrected chi connectivity index (χ0v) is 20.4. The standard InChI is InChI=1S/C23H26F3IN4O2/c24-13-9-23(5-1-6-30(23)10-13)12-33-22-28-20-16-15(17(25)19(27)18(20)26)4-3-14-11-32-8-2-7-31(14)21(16)29-22/h13-14H,1-12H2/t13-,14+,23+/m1/s1. The number of anilines is 1. The summed E-state index contributed by atoms with van der Waals surface area (Å²) in [5.74, 6) is -0.698. The van der Waals surface area contributed by atoms with Gasteiger partial charge in [-0.15, -0.1) is 0 Å². The van der Waals surface area contributed by atoms with Crippen LogP contribution in [0.15, 0.2) is 0 Å². The van der Waals surface area contributed by atoms with Crippen LogP contribution in [0.4, 0.5) is 19.0 Å². The molecule has 178 valence electrons. The predicted octanol–water partition coefficient (Wildman–Crippen LogP) is 4.01. The minimum absolute atomic E-state index is 0.0250. The van der Waals surface area contributed by atoms with Crippen molar-refractivity contribution >= 4 is 39.3 Å². The highest BCUT2D eigenvalue weighted by molar-refractivity contribution is 14.1. The second kappa shape index (κ2) is 8.37. The lowest BCUT2D eigenvalue weighted by Gasteiger charge is -2.31. The van der Waals surface area contributed by atoms with E-state index < -0.39 is 17.8 Å². The lowest BCUT2D eigenvalue weighted by Crippen LogP contribution is -2.43. The summed E-state index contributed by atoms with van der Waals surface area (Å²) in [6.45, 7) is 3.41. The molecule has 4 aliphatic rings. The molecule has 1 aromatic heterocycles. The summed E-state index contributed by atoms with van der Waals surface area (Å²) < 4.78 is 56.4. The number of benzene rings is 1. The molecule has 2 aromatic rings. The molecular weight excluding hydrogens is 548 g/mol. The van der Waals surface area contributed by atoms with Gasteiger partial charge in [0.25, 0.3) is 0 Å². The number of ether oxygens (including phenoxy) is 2. The van der Waals surface area contributed by atoms with Crippen LogP contribution in [0.3, 0.4) is 0 Å². The molecule has 0 spiro atoms. The van der Waals surface area contributed by atoms with Crippen LogP contribution in [-0.2, 0) is 11.2 Å². The lowest BCUT2D eigenvalue weighted by atomic mass is 9.95. The molecule has 6 rings (SSSR count). The molecule has 0 radical (unpaired) electrons. The van der Waals surface area contributed by atoms with Gasteiger partial charge in [-0.3, -0.25) is 4.90 Å². The molecule has 0 amide bonds. The maximum Gasteiger partial charge on any atom is 0.319 e. The third-order valence-corrected chi connectivity index (χ3v) is 8.65. The van der Waals surface area contributed by atoms with Crippen LogP contribution in [0.5, 0.6) is 6.01 Å². The Morgan fingerprint density at radius 1 is 1.18 bits per heavy atom. The van der Waals surface area contributed by atoms with E-state index >= 15 is 8.78 Å². The van der Waals surface area contributed by atoms with Crippen LogP contribution in [0, 0.1) is 15.2 Å². The first-order chi connectivity index (χ1) is 16.0. The van der Waals surface area contributed by atoms with Gasteiger partial charge in [0, 0.05) is 31.7 Å². The van der Waals surface area contributed by atoms with Crippen molar-refractivity contribution in [2.75, 3.05) is 44.4 Å². The summed E-state index contributed by atoms with van der Waals surface area (Å²) in [7, 11) is 0. The van der Waals surface area contributed by atoms with Gasteiger partial charge in [-0.05, 0) is 61.2 Å². The highest BCUT2D eigenvalue weighted by Gasteiger charge is 2.49. The molecule has 0 bridgehead atoms. The summed E-state index contributed by atoms with van der Waals surface area (Å²) in [6, 6.07) is 0.0936. The monoisotopic (exact) mass is 574 g/mol. The number of fused-ring (bicyclic) bond motifs is 3. The van der Waals surface area contributed by atoms with Crippen LogP contribution in [-0.4, -0.2) is 72.1 Å². The van der Waals surface area contributed by atoms with E-state index in [4.69, 9.17) is 14.5 Å². The number of halogens is 4. The molecule has 6 nitrogen and oxygen atoms in total. The lowest BCUT2D eigenvalue weighted by molar-refractivity contribution is 0.107. The topological polar surface area (TPSA) is 50.7 Å². The van der Waals surface area contributed by atoms with Crippen LogP contribution in [0.2, 0.25) is 0 Å². The molecule has 0 aliphatic carbocycles. The number of aromatic nitrogens is 2. The molecule has 33 heavy (non-hydrogen) atoms. The molecule has 3 fully saturated rings. The number of hydrogen-bond acceptors (Lipinski definition) is 6. The first-order valence-electron chi connectivity index (χ1n) is 11.7. The first-order valence-corrected chi connectivity index (χ1v) is 12.8. The Morgan fingerprint density at radius 2 is 2.06 bits per heavy atom. The van der Waals surface area contributed by atoms with Crippen LogP contribution >= 0.6 is 22.6 Å². The Morgan fingerprint density at radius 3 is 2.94 bits per heavy atom. The fourth-order valence-electron chi connectivity index (χ4n) is 6.12. The maximum absolute atomic E-state index is 15.3. The first kappa shape index (κ1) is 22.1. The van der Waals surface area contributed by atoms with Crippen LogP contribution < -0.4 is 9.64 Å². The van der Waals surface area contributed by atoms with E-state index in [0.717, 1.165) is 25.8 Å². The second-order valence-corrected chi connectivity index (χ2v) is 10.7. The van der Waals surface area contributed by atoms with Gasteiger partial charge >= 0.3 is 6.01 Å². The average molecular weight is 574 g/mol. The van der Waals surface area contributed by atoms with Gasteiger partial charge in [-0.2, -0.15) is 9.97 Å². The molecule has 0 unspecified atom stereocenters. The van der Waals surface area contributed by atoms with E-state index in [1.165, 1.54) is 0 Å². The number of aryl methyl sites for hydroxylation is 1. The van der Waals surface area contributed by atoms with Gasteiger partial charge in [-0.25, -0.2) is 13.2 Å². The van der Waals surface area contributed by atoms with Gasteiger partial charge in [0.05, 0.1) is 27.1 Å². The highest BCUT2D eigenvalue weighted by atomic mass is 127. The number of rotatable bonds is 3. The summed E-state index contributed by atoms with van der Waals surface area (Å²) in [4.78, 5) is 13.4. The van der Waals surface area contributed by atoms with Crippen molar-refractivity contribution < 1.29 is 22.6 Å². The molecule has 10 heteroatoms. The average Bonchev–Trinajstić information content (AvgIpc) is 3.14. The van der Waals surface area contributed by atoms with Gasteiger partial charge in [0.1, 0.15) is 29.9 Å². The van der Waals surface area contributed by atoms with Crippen molar-refractivity contribution in [2.24, 2.45) is 0 Å². The van der Waals surface area contributed by atoms with Gasteiger partial charge in [0.15, 0.2) is 5.82 Å². The van der Waals surface area contributed by atoms with Crippen LogP contribution in [0.25, 0.3) is 10.9 Å². The third kappa shape index (κ3) is 3.58. The second-order valence-electron chi connectivity index (χ2n) is 9.65. The van der Waals surface area contributed by atoms with Crippen molar-refractivity contribution in [1.82, 2.24) is 14.9 Å². The fraction of sp³-hybridized carbons (Fsp3) is 0.652. The van der Waals surface area contributed by atoms with Crippen molar-refractivity contribution in [2.45, 2.75) is 56.3 Å². The summed E-state index contributed by atoms with van der Waals surface area (Å²) in [5, 5.41) is 0.438. The van der Waals surface area contributed by atoms with E-state index in [0.29, 0.717) is 62.3 Å². The predicted molar refractivity (Wildman–Crippen MR) is 126 cm³/mol. The largest absolute Gasteiger partial charge is 0.461 e. The molecular formula is C23H26F3IN4O2. The minimum Gasteiger partial charge on any atom is -0.461 e. The Labute approximate surface area is 204 Å². The highest BCUT2D eigenvalue weighted by Crippen LogP contribution is 2.42. The summed E-state index contributed by atoms with van der Waals surface area (Å²) in [6.07, 6.45) is 3.40. The van der Waals surface area contributed by atoms with E-state index in [2.05, 4.69) is 14.8 Å². The van der Waals surface area contributed by atoms with Crippen molar-refractivity contribution in [3.63, 3.8) is 0 Å². The zero-order valence-electron chi connectivity index (χ0n) is 18.3. The van der Waals surface area contributed by atoms with Crippen molar-refractivity contribution in [3.8, 4) is 6.01 Å². The molecule has 0 saturated carbocycles. The Hall–Kier alpha value is -1.40. The fourth-order valence-corrected chi connectivity index (χ4v) is 6.70. The van der Waals surface area contributed by atoms with Gasteiger partial charge in [-0.1, -0.05) is 0 Å². The minimum atomic E-state index is -0.862. The van der Waals surface area contributed by atoms with Crippen LogP contribution in [0.1, 0.15) is 37.7 Å². The van der Waals surface area contributed by atoms with Gasteiger partial charge < -0.3 is 14.4 Å². The van der Waals surface area contributed by atoms with Gasteiger partial charge in [0.2, 0.25) is 0 Å². The van der Waals surface area contributed by atoms with E-state index in [1.54, 1.807) is 22.6 Å². The molecule has 3 atom stereocenters. The molecule has 1 aromatic carbocycles. The normalized spacial score (nSPS) is 29.6. The summed E-state index contributed by atoms with van der Waals surface area (Å²) in [5.41, 5.74) is 0.199. The van der Waals surface area contributed by atoms with E-state index in [-0.39, 0.29) is 33.3 Å². The number of hydrogen-bond donors (Lipinski definition) is 0. The Kier molecular flexibility index (Phi) is 5.60. The molecule has 5 heterocycles. The van der Waals surface area contributed by atoms with Crippen molar-refractivity contribution in [1.29, 1.82) is 0 Å². The van der Waals surface area contributed by atoms with E-state index in [9.17, 15) is 4.39 Å². The van der Waals surface area contributed by atoms with Crippen molar-refractivity contribution in [3.05, 3.63) is 20.8 Å². The quantitative estimate of drug-likeness (QED) is 0.408. The third-order valence-electron chi connectivity index (χ3n) is 7.70. The maximum atomic E-state index is 15.3. The zero-order chi connectivity index (χ0) is 22.7. The SMILES string of the molecule is Fc1c(I)c(F)c2nc(OC[C@@]34CCCN3C[C@H](F)C4)nc3c2c1CC[C@H]1COCCCN31. The number of alkyl halides is 1. The summed E-state index contributed by atoms with van der Waals surface area (Å²) >= 11 is 1.71. The Bertz CT molecular complexity index is 1110. The van der Waals surface area contributed by atoms with E-state index in [1.807, 2.05) is 0 Å². The molecule has 4 aliphatic heterocycles. The Balaban J connectivity index is 1.44.